The summed E-state index contributed by atoms with van der Waals surface area (Å²) < 4.78 is 27.1. The average Bonchev–Trinajstić information content (AvgIpc) is 2.83. The van der Waals surface area contributed by atoms with Gasteiger partial charge in [-0.15, -0.1) is 0 Å². The molecule has 1 atom stereocenters. The van der Waals surface area contributed by atoms with Gasteiger partial charge in [-0.1, -0.05) is 6.92 Å². The molecule has 1 N–H and O–H groups in total. The third-order valence-electron chi connectivity index (χ3n) is 3.05. The Balaban J connectivity index is 2.88. The van der Waals surface area contributed by atoms with Crippen LogP contribution in [0.15, 0.2) is 17.3 Å². The van der Waals surface area contributed by atoms with Crippen molar-refractivity contribution in [2.45, 2.75) is 44.2 Å². The summed E-state index contributed by atoms with van der Waals surface area (Å²) in [6, 6.07) is -0.104. The van der Waals surface area contributed by atoms with Crippen molar-refractivity contribution in [2.75, 3.05) is 7.05 Å². The van der Waals surface area contributed by atoms with Crippen LogP contribution in [-0.2, 0) is 21.4 Å². The molecule has 1 unspecified atom stereocenters. The molecule has 0 saturated heterocycles. The first-order valence-corrected chi connectivity index (χ1v) is 7.45. The van der Waals surface area contributed by atoms with E-state index in [1.807, 2.05) is 13.8 Å². The Morgan fingerprint density at radius 2 is 2.21 bits per heavy atom. The Bertz CT molecular complexity index is 538. The number of sulfonamides is 1. The lowest BCUT2D eigenvalue weighted by molar-refractivity contribution is -0.137. The highest BCUT2D eigenvalue weighted by molar-refractivity contribution is 7.89. The number of carboxylic acids is 1. The number of hydrogen-bond donors (Lipinski definition) is 1. The first kappa shape index (κ1) is 15.6. The Morgan fingerprint density at radius 1 is 1.58 bits per heavy atom. The molecular formula is C11H19N3O4S. The van der Waals surface area contributed by atoms with E-state index in [9.17, 15) is 13.2 Å². The van der Waals surface area contributed by atoms with E-state index < -0.39 is 16.0 Å². The van der Waals surface area contributed by atoms with Gasteiger partial charge in [0.2, 0.25) is 10.0 Å². The monoisotopic (exact) mass is 289 g/mol. The zero-order valence-electron chi connectivity index (χ0n) is 11.3. The van der Waals surface area contributed by atoms with Crippen LogP contribution in [-0.4, -0.2) is 46.7 Å². The first-order valence-electron chi connectivity index (χ1n) is 6.01. The summed E-state index contributed by atoms with van der Waals surface area (Å²) in [5, 5.41) is 12.4. The first-order chi connectivity index (χ1) is 8.78. The van der Waals surface area contributed by atoms with Crippen molar-refractivity contribution in [1.29, 1.82) is 0 Å². The van der Waals surface area contributed by atoms with E-state index in [0.717, 1.165) is 0 Å². The molecule has 0 spiro atoms. The molecule has 19 heavy (non-hydrogen) atoms. The SMILES string of the molecule is CCC(C)N(C)S(=O)(=O)c1cnn(CCC(=O)O)c1. The Hall–Kier alpha value is -1.41. The molecule has 108 valence electrons. The molecule has 0 bridgehead atoms. The van der Waals surface area contributed by atoms with Crippen LogP contribution < -0.4 is 0 Å². The lowest BCUT2D eigenvalue weighted by Crippen LogP contribution is -2.34. The second-order valence-corrected chi connectivity index (χ2v) is 6.36. The largest absolute Gasteiger partial charge is 0.481 e. The van der Waals surface area contributed by atoms with Gasteiger partial charge in [-0.3, -0.25) is 9.48 Å². The fraction of sp³-hybridized carbons (Fsp3) is 0.636. The zero-order valence-corrected chi connectivity index (χ0v) is 12.1. The lowest BCUT2D eigenvalue weighted by atomic mass is 10.3. The predicted octanol–water partition coefficient (Wildman–Crippen LogP) is 0.777. The molecule has 1 aromatic heterocycles. The molecule has 0 amide bonds. The second-order valence-electron chi connectivity index (χ2n) is 4.36. The van der Waals surface area contributed by atoms with E-state index in [4.69, 9.17) is 5.11 Å². The number of rotatable bonds is 7. The number of carbonyl (C=O) groups is 1. The number of nitrogens with zero attached hydrogens (tertiary/aromatic N) is 3. The van der Waals surface area contributed by atoms with Crippen molar-refractivity contribution in [1.82, 2.24) is 14.1 Å². The second kappa shape index (κ2) is 6.16. The van der Waals surface area contributed by atoms with Crippen molar-refractivity contribution in [3.05, 3.63) is 12.4 Å². The Kier molecular flexibility index (Phi) is 5.07. The number of hydrogen-bond acceptors (Lipinski definition) is 4. The maximum absolute atomic E-state index is 12.2. The maximum atomic E-state index is 12.2. The summed E-state index contributed by atoms with van der Waals surface area (Å²) in [4.78, 5) is 10.5. The van der Waals surface area contributed by atoms with Gasteiger partial charge in [0.25, 0.3) is 0 Å². The molecule has 1 heterocycles. The van der Waals surface area contributed by atoms with E-state index in [0.29, 0.717) is 6.42 Å². The predicted molar refractivity (Wildman–Crippen MR) is 69.2 cm³/mol. The fourth-order valence-corrected chi connectivity index (χ4v) is 2.86. The van der Waals surface area contributed by atoms with Crippen LogP contribution in [0.4, 0.5) is 0 Å². The minimum absolute atomic E-state index is 0.0840. The summed E-state index contributed by atoms with van der Waals surface area (Å²) in [6.07, 6.45) is 3.22. The topological polar surface area (TPSA) is 92.5 Å². The molecule has 1 rings (SSSR count). The summed E-state index contributed by atoms with van der Waals surface area (Å²) in [6.45, 7) is 3.89. The van der Waals surface area contributed by atoms with Gasteiger partial charge >= 0.3 is 5.97 Å². The van der Waals surface area contributed by atoms with Gasteiger partial charge in [0.05, 0.1) is 19.2 Å². The van der Waals surface area contributed by atoms with Crippen LogP contribution in [0.5, 0.6) is 0 Å². The molecule has 0 fully saturated rings. The fourth-order valence-electron chi connectivity index (χ4n) is 1.47. The van der Waals surface area contributed by atoms with E-state index in [-0.39, 0.29) is 23.9 Å². The molecule has 1 aromatic rings. The summed E-state index contributed by atoms with van der Waals surface area (Å²) in [7, 11) is -2.04. The minimum atomic E-state index is -3.57. The van der Waals surface area contributed by atoms with Crippen LogP contribution in [0.3, 0.4) is 0 Å². The van der Waals surface area contributed by atoms with Gasteiger partial charge in [0.15, 0.2) is 0 Å². The average molecular weight is 289 g/mol. The normalized spacial score (nSPS) is 13.7. The van der Waals surface area contributed by atoms with Gasteiger partial charge in [0.1, 0.15) is 4.90 Å². The standard InChI is InChI=1S/C11H19N3O4S/c1-4-9(2)13(3)19(17,18)10-7-12-14(8-10)6-5-11(15)16/h7-9H,4-6H2,1-3H3,(H,15,16). The molecule has 0 aromatic carbocycles. The van der Waals surface area contributed by atoms with Crippen molar-refractivity contribution < 1.29 is 18.3 Å². The third-order valence-corrected chi connectivity index (χ3v) is 4.98. The summed E-state index contributed by atoms with van der Waals surface area (Å²) in [5.74, 6) is -0.948. The molecule has 0 aliphatic rings. The summed E-state index contributed by atoms with van der Waals surface area (Å²) >= 11 is 0. The molecule has 0 aliphatic heterocycles. The number of aliphatic carboxylic acids is 1. The van der Waals surface area contributed by atoms with Gasteiger partial charge < -0.3 is 5.11 Å². The van der Waals surface area contributed by atoms with Crippen molar-refractivity contribution >= 4 is 16.0 Å². The van der Waals surface area contributed by atoms with E-state index in [1.165, 1.54) is 28.4 Å². The quantitative estimate of drug-likeness (QED) is 0.800. The number of aromatic nitrogens is 2. The van der Waals surface area contributed by atoms with Gasteiger partial charge in [-0.2, -0.15) is 9.40 Å². The minimum Gasteiger partial charge on any atom is -0.481 e. The summed E-state index contributed by atoms with van der Waals surface area (Å²) in [5.41, 5.74) is 0. The molecule has 0 radical (unpaired) electrons. The number of aryl methyl sites for hydroxylation is 1. The zero-order chi connectivity index (χ0) is 14.6. The highest BCUT2D eigenvalue weighted by Gasteiger charge is 2.25. The smallest absolute Gasteiger partial charge is 0.305 e. The maximum Gasteiger partial charge on any atom is 0.305 e. The highest BCUT2D eigenvalue weighted by Crippen LogP contribution is 2.17. The van der Waals surface area contributed by atoms with Gasteiger partial charge in [-0.05, 0) is 13.3 Å². The van der Waals surface area contributed by atoms with Crippen LogP contribution in [0, 0.1) is 0 Å². The third kappa shape index (κ3) is 3.77. The van der Waals surface area contributed by atoms with Crippen molar-refractivity contribution in [3.63, 3.8) is 0 Å². The molecular weight excluding hydrogens is 270 g/mol. The van der Waals surface area contributed by atoms with Crippen LogP contribution >= 0.6 is 0 Å². The molecule has 8 heteroatoms. The van der Waals surface area contributed by atoms with E-state index in [2.05, 4.69) is 5.10 Å². The molecule has 0 saturated carbocycles. The van der Waals surface area contributed by atoms with E-state index >= 15 is 0 Å². The van der Waals surface area contributed by atoms with Crippen molar-refractivity contribution in [2.24, 2.45) is 0 Å². The van der Waals surface area contributed by atoms with Crippen LogP contribution in [0.2, 0.25) is 0 Å². The van der Waals surface area contributed by atoms with Crippen LogP contribution in [0.1, 0.15) is 26.7 Å². The van der Waals surface area contributed by atoms with Crippen molar-refractivity contribution in [3.8, 4) is 0 Å². The Morgan fingerprint density at radius 3 is 2.74 bits per heavy atom. The lowest BCUT2D eigenvalue weighted by Gasteiger charge is -2.22. The Labute approximate surface area is 112 Å². The van der Waals surface area contributed by atoms with Gasteiger partial charge in [0, 0.05) is 19.3 Å². The van der Waals surface area contributed by atoms with Gasteiger partial charge in [-0.25, -0.2) is 8.42 Å². The molecule has 7 nitrogen and oxygen atoms in total. The van der Waals surface area contributed by atoms with E-state index in [1.54, 1.807) is 0 Å². The number of carboxylic acid groups (broad SMARTS) is 1. The molecule has 0 aliphatic carbocycles. The van der Waals surface area contributed by atoms with Crippen LogP contribution in [0.25, 0.3) is 0 Å². The highest BCUT2D eigenvalue weighted by atomic mass is 32.2.